The standard InChI is InChI=1S/C22H24N6/c1-15-17-9-3-5-11-19(17)21(27-25-15)23-13-7-8-14-24-22-20-12-6-4-10-18(20)16(2)26-28-22/h3-6,9-12H,7-8,13-14H2,1-2H3,(H,23,27)(H,24,28). The second-order valence-electron chi connectivity index (χ2n) is 6.92. The first-order valence-corrected chi connectivity index (χ1v) is 9.66. The van der Waals surface area contributed by atoms with Crippen molar-refractivity contribution in [1.29, 1.82) is 0 Å². The highest BCUT2D eigenvalue weighted by Crippen LogP contribution is 2.23. The van der Waals surface area contributed by atoms with Gasteiger partial charge in [-0.2, -0.15) is 10.2 Å². The predicted octanol–water partition coefficient (Wildman–Crippen LogP) is 4.49. The Kier molecular flexibility index (Phi) is 5.28. The average molecular weight is 372 g/mol. The largest absolute Gasteiger partial charge is 0.368 e. The number of aromatic nitrogens is 4. The number of hydrogen-bond donors (Lipinski definition) is 2. The van der Waals surface area contributed by atoms with E-state index < -0.39 is 0 Å². The van der Waals surface area contributed by atoms with E-state index >= 15 is 0 Å². The lowest BCUT2D eigenvalue weighted by Gasteiger charge is -2.11. The van der Waals surface area contributed by atoms with Crippen molar-refractivity contribution in [3.05, 3.63) is 59.9 Å². The molecule has 28 heavy (non-hydrogen) atoms. The molecule has 0 fully saturated rings. The Hall–Kier alpha value is -3.28. The molecule has 0 amide bonds. The molecule has 0 aliphatic rings. The topological polar surface area (TPSA) is 75.6 Å². The maximum Gasteiger partial charge on any atom is 0.156 e. The predicted molar refractivity (Wildman–Crippen MR) is 115 cm³/mol. The van der Waals surface area contributed by atoms with Gasteiger partial charge in [-0.3, -0.25) is 0 Å². The van der Waals surface area contributed by atoms with Gasteiger partial charge in [-0.25, -0.2) is 0 Å². The highest BCUT2D eigenvalue weighted by atomic mass is 15.2. The highest BCUT2D eigenvalue weighted by molar-refractivity contribution is 5.93. The van der Waals surface area contributed by atoms with Gasteiger partial charge in [0.15, 0.2) is 11.6 Å². The van der Waals surface area contributed by atoms with Gasteiger partial charge in [-0.15, -0.1) is 10.2 Å². The van der Waals surface area contributed by atoms with Crippen molar-refractivity contribution in [2.45, 2.75) is 26.7 Å². The van der Waals surface area contributed by atoms with E-state index in [0.29, 0.717) is 0 Å². The summed E-state index contributed by atoms with van der Waals surface area (Å²) in [5.74, 6) is 1.70. The van der Waals surface area contributed by atoms with Gasteiger partial charge in [-0.1, -0.05) is 48.5 Å². The van der Waals surface area contributed by atoms with Crippen LogP contribution in [0, 0.1) is 13.8 Å². The lowest BCUT2D eigenvalue weighted by Crippen LogP contribution is -2.09. The van der Waals surface area contributed by atoms with Crippen molar-refractivity contribution in [3.63, 3.8) is 0 Å². The molecule has 0 bridgehead atoms. The summed E-state index contributed by atoms with van der Waals surface area (Å²) in [5, 5.41) is 28.5. The minimum absolute atomic E-state index is 0.851. The van der Waals surface area contributed by atoms with E-state index in [4.69, 9.17) is 0 Å². The molecule has 0 atom stereocenters. The monoisotopic (exact) mass is 372 g/mol. The van der Waals surface area contributed by atoms with Gasteiger partial charge in [0.05, 0.1) is 11.4 Å². The molecule has 0 radical (unpaired) electrons. The van der Waals surface area contributed by atoms with Gasteiger partial charge in [0.2, 0.25) is 0 Å². The molecule has 0 unspecified atom stereocenters. The van der Waals surface area contributed by atoms with Crippen molar-refractivity contribution in [2.75, 3.05) is 23.7 Å². The maximum atomic E-state index is 4.32. The second-order valence-corrected chi connectivity index (χ2v) is 6.92. The molecule has 2 N–H and O–H groups in total. The third kappa shape index (κ3) is 3.71. The van der Waals surface area contributed by atoms with Crippen LogP contribution < -0.4 is 10.6 Å². The molecule has 0 spiro atoms. The number of hydrogen-bond acceptors (Lipinski definition) is 6. The number of unbranched alkanes of at least 4 members (excludes halogenated alkanes) is 1. The molecule has 142 valence electrons. The van der Waals surface area contributed by atoms with Crippen LogP contribution in [0.15, 0.2) is 48.5 Å². The van der Waals surface area contributed by atoms with E-state index in [1.165, 1.54) is 0 Å². The fourth-order valence-corrected chi connectivity index (χ4v) is 3.40. The Balaban J connectivity index is 1.31. The molecule has 2 aromatic carbocycles. The minimum Gasteiger partial charge on any atom is -0.368 e. The smallest absolute Gasteiger partial charge is 0.156 e. The lowest BCUT2D eigenvalue weighted by molar-refractivity contribution is 0.788. The molecule has 0 saturated carbocycles. The second kappa shape index (κ2) is 8.17. The third-order valence-electron chi connectivity index (χ3n) is 4.93. The maximum absolute atomic E-state index is 4.32. The summed E-state index contributed by atoms with van der Waals surface area (Å²) in [6.07, 6.45) is 2.04. The third-order valence-corrected chi connectivity index (χ3v) is 4.93. The summed E-state index contributed by atoms with van der Waals surface area (Å²) < 4.78 is 0. The molecular formula is C22H24N6. The number of nitrogens with zero attached hydrogens (tertiary/aromatic N) is 4. The number of nitrogens with one attached hydrogen (secondary N) is 2. The molecule has 0 saturated heterocycles. The van der Waals surface area contributed by atoms with Gasteiger partial charge >= 0.3 is 0 Å². The molecule has 0 aliphatic carbocycles. The average Bonchev–Trinajstić information content (AvgIpc) is 2.74. The lowest BCUT2D eigenvalue weighted by atomic mass is 10.1. The van der Waals surface area contributed by atoms with Crippen molar-refractivity contribution in [2.24, 2.45) is 0 Å². The van der Waals surface area contributed by atoms with Crippen molar-refractivity contribution in [1.82, 2.24) is 20.4 Å². The number of rotatable bonds is 7. The van der Waals surface area contributed by atoms with Gasteiger partial charge in [-0.05, 0) is 26.7 Å². The summed E-state index contributed by atoms with van der Waals surface area (Å²) in [6.45, 7) is 5.68. The normalized spacial score (nSPS) is 11.1. The van der Waals surface area contributed by atoms with Crippen LogP contribution >= 0.6 is 0 Å². The van der Waals surface area contributed by atoms with Crippen LogP contribution in [-0.2, 0) is 0 Å². The molecule has 2 heterocycles. The molecule has 4 rings (SSSR count). The van der Waals surface area contributed by atoms with E-state index in [-0.39, 0.29) is 0 Å². The van der Waals surface area contributed by atoms with E-state index in [1.54, 1.807) is 0 Å². The highest BCUT2D eigenvalue weighted by Gasteiger charge is 2.07. The van der Waals surface area contributed by atoms with E-state index in [2.05, 4.69) is 55.3 Å². The Labute approximate surface area is 164 Å². The van der Waals surface area contributed by atoms with Crippen LogP contribution in [-0.4, -0.2) is 33.5 Å². The fourth-order valence-electron chi connectivity index (χ4n) is 3.40. The molecule has 0 aliphatic heterocycles. The number of anilines is 2. The summed E-state index contributed by atoms with van der Waals surface area (Å²) in [5.41, 5.74) is 1.91. The summed E-state index contributed by atoms with van der Waals surface area (Å²) >= 11 is 0. The minimum atomic E-state index is 0.851. The number of benzene rings is 2. The zero-order valence-corrected chi connectivity index (χ0v) is 16.2. The van der Waals surface area contributed by atoms with Crippen LogP contribution in [0.25, 0.3) is 21.5 Å². The van der Waals surface area contributed by atoms with Crippen LogP contribution in [0.1, 0.15) is 24.2 Å². The Morgan fingerprint density at radius 1 is 0.571 bits per heavy atom. The van der Waals surface area contributed by atoms with E-state index in [9.17, 15) is 0 Å². The van der Waals surface area contributed by atoms with Gasteiger partial charge in [0.1, 0.15) is 0 Å². The van der Waals surface area contributed by atoms with Crippen molar-refractivity contribution in [3.8, 4) is 0 Å². The summed E-state index contributed by atoms with van der Waals surface area (Å²) in [6, 6.07) is 16.5. The first kappa shape index (κ1) is 18.1. The quantitative estimate of drug-likeness (QED) is 0.465. The molecule has 2 aromatic heterocycles. The first-order chi connectivity index (χ1) is 13.7. The van der Waals surface area contributed by atoms with Gasteiger partial charge in [0.25, 0.3) is 0 Å². The van der Waals surface area contributed by atoms with Crippen molar-refractivity contribution >= 4 is 33.2 Å². The van der Waals surface area contributed by atoms with Crippen LogP contribution in [0.5, 0.6) is 0 Å². The van der Waals surface area contributed by atoms with Crippen LogP contribution in [0.3, 0.4) is 0 Å². The van der Waals surface area contributed by atoms with E-state index in [0.717, 1.165) is 70.5 Å². The Morgan fingerprint density at radius 2 is 0.964 bits per heavy atom. The molecular weight excluding hydrogens is 348 g/mol. The van der Waals surface area contributed by atoms with Crippen LogP contribution in [0.2, 0.25) is 0 Å². The Bertz CT molecular complexity index is 1020. The SMILES string of the molecule is Cc1nnc(NCCCCNc2nnc(C)c3ccccc23)c2ccccc12. The fraction of sp³-hybridized carbons (Fsp3) is 0.273. The Morgan fingerprint density at radius 3 is 1.39 bits per heavy atom. The van der Waals surface area contributed by atoms with E-state index in [1.807, 2.05) is 38.1 Å². The summed E-state index contributed by atoms with van der Waals surface area (Å²) in [7, 11) is 0. The van der Waals surface area contributed by atoms with Gasteiger partial charge < -0.3 is 10.6 Å². The zero-order valence-electron chi connectivity index (χ0n) is 16.2. The number of aryl methyl sites for hydroxylation is 2. The van der Waals surface area contributed by atoms with Crippen LogP contribution in [0.4, 0.5) is 11.6 Å². The molecule has 6 heteroatoms. The van der Waals surface area contributed by atoms with Crippen molar-refractivity contribution < 1.29 is 0 Å². The molecule has 6 nitrogen and oxygen atoms in total. The number of fused-ring (bicyclic) bond motifs is 2. The zero-order chi connectivity index (χ0) is 19.3. The first-order valence-electron chi connectivity index (χ1n) is 9.66. The summed E-state index contributed by atoms with van der Waals surface area (Å²) in [4.78, 5) is 0. The molecule has 4 aromatic rings. The van der Waals surface area contributed by atoms with Gasteiger partial charge in [0, 0.05) is 34.6 Å².